The molecule has 0 rings (SSSR count). The topological polar surface area (TPSA) is 108 Å². The molecule has 0 aliphatic rings. The normalized spacial score (nSPS) is 13.8. The second-order valence-electron chi connectivity index (χ2n) is 26.7. The summed E-state index contributed by atoms with van der Waals surface area (Å²) in [5.41, 5.74) is 0. The molecular weight excluding hydrogens is 1040 g/mol. The Hall–Kier alpha value is -1.28. The van der Waals surface area contributed by atoms with Gasteiger partial charge in [-0.15, -0.1) is 0 Å². The van der Waals surface area contributed by atoms with E-state index in [-0.39, 0.29) is 19.1 Å². The Labute approximate surface area is 518 Å². The summed E-state index contributed by atoms with van der Waals surface area (Å²) in [4.78, 5) is 25.7. The minimum atomic E-state index is -4.58. The van der Waals surface area contributed by atoms with E-state index in [0.29, 0.717) is 23.9 Å². The van der Waals surface area contributed by atoms with Crippen LogP contribution in [-0.4, -0.2) is 68.5 Å². The quantitative estimate of drug-likeness (QED) is 0.0272. The molecule has 0 aromatic carbocycles. The zero-order valence-corrected chi connectivity index (χ0v) is 57.3. The molecule has 0 radical (unpaired) electrons. The highest BCUT2D eigenvalue weighted by atomic mass is 31.2. The van der Waals surface area contributed by atoms with Crippen LogP contribution >= 0.6 is 7.82 Å². The van der Waals surface area contributed by atoms with Crippen LogP contribution < -0.4 is 10.2 Å². The van der Waals surface area contributed by atoms with Gasteiger partial charge in [0.25, 0.3) is 7.82 Å². The standard InChI is InChI=1S/C74H145N2O6P/c1-6-8-10-12-14-16-18-20-22-24-26-28-30-32-33-34-35-36-37-38-39-40-41-42-43-44-46-48-50-52-54-56-58-60-62-64-66-68-74(78)75-72(71-82-83(79,80)81-70-69-76(3,4)5)73(77)67-65-63-61-59-57-55-53-51-49-47-45-31-29-27-25-23-21-19-17-15-13-11-9-7-2/h18,20,24,26,30,32,72-73,77H,6-17,19,21-23,25,27-29,31,33-71H2,1-5H3,(H-,75,78,79,80)/b20-18-,26-24-,32-30-. The first-order valence-corrected chi connectivity index (χ1v) is 38.3. The van der Waals surface area contributed by atoms with Crippen LogP contribution in [0, 0.1) is 0 Å². The van der Waals surface area contributed by atoms with E-state index in [1.54, 1.807) is 0 Å². The number of amides is 1. The Balaban J connectivity index is 3.94. The van der Waals surface area contributed by atoms with Crippen molar-refractivity contribution >= 4 is 13.7 Å². The van der Waals surface area contributed by atoms with E-state index in [9.17, 15) is 19.4 Å². The van der Waals surface area contributed by atoms with E-state index < -0.39 is 20.0 Å². The summed E-state index contributed by atoms with van der Waals surface area (Å²) in [6.07, 6.45) is 86.6. The molecule has 0 saturated carbocycles. The summed E-state index contributed by atoms with van der Waals surface area (Å²) in [7, 11) is 1.32. The van der Waals surface area contributed by atoms with Crippen molar-refractivity contribution in [3.8, 4) is 0 Å². The molecule has 0 spiro atoms. The van der Waals surface area contributed by atoms with E-state index in [4.69, 9.17) is 9.05 Å². The number of quaternary nitrogens is 1. The molecule has 2 N–H and O–H groups in total. The average molecular weight is 1190 g/mol. The predicted octanol–water partition coefficient (Wildman–Crippen LogP) is 23.0. The van der Waals surface area contributed by atoms with Gasteiger partial charge in [0.05, 0.1) is 39.9 Å². The molecule has 3 unspecified atom stereocenters. The number of rotatable bonds is 69. The van der Waals surface area contributed by atoms with E-state index in [0.717, 1.165) is 51.4 Å². The summed E-state index contributed by atoms with van der Waals surface area (Å²) in [5.74, 6) is -0.156. The van der Waals surface area contributed by atoms with E-state index in [1.165, 1.54) is 302 Å². The molecule has 3 atom stereocenters. The molecule has 0 aliphatic carbocycles. The maximum absolute atomic E-state index is 13.1. The van der Waals surface area contributed by atoms with Gasteiger partial charge in [0, 0.05) is 6.42 Å². The van der Waals surface area contributed by atoms with Gasteiger partial charge in [0.2, 0.25) is 5.91 Å². The van der Waals surface area contributed by atoms with Gasteiger partial charge < -0.3 is 28.8 Å². The van der Waals surface area contributed by atoms with E-state index in [2.05, 4.69) is 55.6 Å². The van der Waals surface area contributed by atoms with Crippen LogP contribution in [0.3, 0.4) is 0 Å². The van der Waals surface area contributed by atoms with Crippen LogP contribution in [0.4, 0.5) is 0 Å². The molecule has 9 heteroatoms. The lowest BCUT2D eigenvalue weighted by Crippen LogP contribution is -2.46. The van der Waals surface area contributed by atoms with Gasteiger partial charge in [-0.2, -0.15) is 0 Å². The van der Waals surface area contributed by atoms with Crippen LogP contribution in [0.25, 0.3) is 0 Å². The van der Waals surface area contributed by atoms with Gasteiger partial charge in [-0.3, -0.25) is 9.36 Å². The van der Waals surface area contributed by atoms with Crippen molar-refractivity contribution in [1.82, 2.24) is 5.32 Å². The highest BCUT2D eigenvalue weighted by Crippen LogP contribution is 2.38. The summed E-state index contributed by atoms with van der Waals surface area (Å²) in [6.45, 7) is 4.77. The first kappa shape index (κ1) is 81.7. The van der Waals surface area contributed by atoms with Crippen molar-refractivity contribution in [3.05, 3.63) is 36.5 Å². The minimum absolute atomic E-state index is 0.0147. The van der Waals surface area contributed by atoms with Crippen molar-refractivity contribution < 1.29 is 32.9 Å². The lowest BCUT2D eigenvalue weighted by molar-refractivity contribution is -0.870. The molecule has 0 fully saturated rings. The van der Waals surface area contributed by atoms with Crippen molar-refractivity contribution in [2.24, 2.45) is 0 Å². The monoisotopic (exact) mass is 1190 g/mol. The smallest absolute Gasteiger partial charge is 0.268 e. The highest BCUT2D eigenvalue weighted by Gasteiger charge is 2.24. The predicted molar refractivity (Wildman–Crippen MR) is 362 cm³/mol. The number of hydrogen-bond acceptors (Lipinski definition) is 6. The molecule has 0 saturated heterocycles. The molecule has 0 aromatic rings. The zero-order valence-electron chi connectivity index (χ0n) is 56.4. The number of allylic oxidation sites excluding steroid dienone is 6. The fraction of sp³-hybridized carbons (Fsp3) is 0.905. The SMILES string of the molecule is CCCCCCC/C=C\C/C=C\C/C=C\CCCCCCCCCCCCCCCCCCCCCCCCC(=O)NC(COP(=O)([O-])OCC[N+](C)(C)C)C(O)CCCCCCCCCCCCCCCCCCCCCCCCCC. The molecule has 0 heterocycles. The maximum atomic E-state index is 13.1. The number of phosphoric acid groups is 1. The molecule has 1 amide bonds. The number of likely N-dealkylation sites (N-methyl/N-ethyl adjacent to an activating group) is 1. The van der Waals surface area contributed by atoms with Crippen LogP contribution in [0.2, 0.25) is 0 Å². The second kappa shape index (κ2) is 65.2. The third kappa shape index (κ3) is 68.1. The lowest BCUT2D eigenvalue weighted by atomic mass is 10.0. The highest BCUT2D eigenvalue weighted by molar-refractivity contribution is 7.45. The Bertz CT molecular complexity index is 1450. The van der Waals surface area contributed by atoms with Crippen molar-refractivity contribution in [2.75, 3.05) is 40.9 Å². The van der Waals surface area contributed by atoms with Crippen molar-refractivity contribution in [3.63, 3.8) is 0 Å². The van der Waals surface area contributed by atoms with Crippen molar-refractivity contribution in [1.29, 1.82) is 0 Å². The molecule has 492 valence electrons. The molecule has 0 bridgehead atoms. The minimum Gasteiger partial charge on any atom is -0.756 e. The first-order chi connectivity index (χ1) is 40.5. The van der Waals surface area contributed by atoms with Gasteiger partial charge in [-0.25, -0.2) is 0 Å². The van der Waals surface area contributed by atoms with Gasteiger partial charge >= 0.3 is 0 Å². The van der Waals surface area contributed by atoms with Gasteiger partial charge in [-0.05, 0) is 51.4 Å². The number of nitrogens with one attached hydrogen (secondary N) is 1. The Morgan fingerprint density at radius 3 is 1.01 bits per heavy atom. The number of aliphatic hydroxyl groups is 1. The van der Waals surface area contributed by atoms with E-state index in [1.807, 2.05) is 21.1 Å². The third-order valence-corrected chi connectivity index (χ3v) is 18.1. The zero-order chi connectivity index (χ0) is 60.5. The fourth-order valence-electron chi connectivity index (χ4n) is 11.4. The Morgan fingerprint density at radius 1 is 0.422 bits per heavy atom. The largest absolute Gasteiger partial charge is 0.756 e. The van der Waals surface area contributed by atoms with Crippen LogP contribution in [0.5, 0.6) is 0 Å². The molecule has 0 aromatic heterocycles. The van der Waals surface area contributed by atoms with Crippen LogP contribution in [0.15, 0.2) is 36.5 Å². The van der Waals surface area contributed by atoms with E-state index >= 15 is 0 Å². The number of carbonyl (C=O) groups is 1. The number of phosphoric ester groups is 1. The Kier molecular flexibility index (Phi) is 64.2. The van der Waals surface area contributed by atoms with Gasteiger partial charge in [0.15, 0.2) is 0 Å². The molecular formula is C74H145N2O6P. The first-order valence-electron chi connectivity index (χ1n) is 36.8. The average Bonchev–Trinajstić information content (AvgIpc) is 3.50. The number of aliphatic hydroxyl groups excluding tert-OH is 1. The maximum Gasteiger partial charge on any atom is 0.268 e. The van der Waals surface area contributed by atoms with Crippen LogP contribution in [-0.2, 0) is 18.4 Å². The summed E-state index contributed by atoms with van der Waals surface area (Å²) in [6, 6.07) is -0.800. The summed E-state index contributed by atoms with van der Waals surface area (Å²) >= 11 is 0. The number of unbranched alkanes of at least 4 members (excludes halogenated alkanes) is 50. The number of carbonyl (C=O) groups excluding carboxylic acids is 1. The molecule has 83 heavy (non-hydrogen) atoms. The number of nitrogens with zero attached hydrogens (tertiary/aromatic N) is 1. The molecule has 0 aliphatic heterocycles. The number of hydrogen-bond donors (Lipinski definition) is 2. The second-order valence-corrected chi connectivity index (χ2v) is 28.1. The summed E-state index contributed by atoms with van der Waals surface area (Å²) < 4.78 is 23.6. The van der Waals surface area contributed by atoms with Gasteiger partial charge in [0.1, 0.15) is 13.2 Å². The Morgan fingerprint density at radius 2 is 0.699 bits per heavy atom. The fourth-order valence-corrected chi connectivity index (χ4v) is 12.1. The summed E-state index contributed by atoms with van der Waals surface area (Å²) in [5, 5.41) is 14.1. The van der Waals surface area contributed by atoms with Gasteiger partial charge in [-0.1, -0.05) is 359 Å². The van der Waals surface area contributed by atoms with Crippen LogP contribution in [0.1, 0.15) is 380 Å². The molecule has 8 nitrogen and oxygen atoms in total. The van der Waals surface area contributed by atoms with Crippen molar-refractivity contribution in [2.45, 2.75) is 392 Å². The third-order valence-electron chi connectivity index (χ3n) is 17.1. The lowest BCUT2D eigenvalue weighted by Gasteiger charge is -2.30.